The molecule has 0 aliphatic heterocycles. The van der Waals surface area contributed by atoms with E-state index in [0.717, 1.165) is 4.88 Å². The van der Waals surface area contributed by atoms with Crippen LogP contribution in [-0.2, 0) is 20.7 Å². The largest absolute Gasteiger partial charge is 0.493 e. The number of halogens is 1. The first-order valence-electron chi connectivity index (χ1n) is 8.96. The van der Waals surface area contributed by atoms with Crippen molar-refractivity contribution in [2.45, 2.75) is 13.3 Å². The summed E-state index contributed by atoms with van der Waals surface area (Å²) in [7, 11) is 2.96. The fourth-order valence-electron chi connectivity index (χ4n) is 2.48. The van der Waals surface area contributed by atoms with Gasteiger partial charge < -0.3 is 19.5 Å². The third-order valence-electron chi connectivity index (χ3n) is 3.90. The monoisotopic (exact) mass is 451 g/mol. The summed E-state index contributed by atoms with van der Waals surface area (Å²) in [5.74, 6) is -0.214. The summed E-state index contributed by atoms with van der Waals surface area (Å²) in [5, 5.41) is 3.04. The molecular weight excluding hydrogens is 430 g/mol. The average Bonchev–Trinajstić information content (AvgIpc) is 3.18. The topological polar surface area (TPSA) is 90.9 Å². The molecule has 0 aliphatic carbocycles. The van der Waals surface area contributed by atoms with E-state index in [1.165, 1.54) is 44.6 Å². The summed E-state index contributed by atoms with van der Waals surface area (Å²) < 4.78 is 15.4. The molecule has 0 atom stereocenters. The Hall–Kier alpha value is -2.84. The summed E-state index contributed by atoms with van der Waals surface area (Å²) in [6, 6.07) is 6.79. The van der Waals surface area contributed by atoms with Crippen molar-refractivity contribution >= 4 is 46.7 Å². The van der Waals surface area contributed by atoms with Crippen molar-refractivity contribution in [3.63, 3.8) is 0 Å². The highest BCUT2D eigenvalue weighted by Crippen LogP contribution is 2.36. The summed E-state index contributed by atoms with van der Waals surface area (Å²) in [5.41, 5.74) is 0.614. The maximum absolute atomic E-state index is 12.2. The van der Waals surface area contributed by atoms with Crippen LogP contribution in [0.3, 0.4) is 0 Å². The SMILES string of the molecule is COc1cc(/C=C/C(=O)OCC(=O)c2ccc(CCNC(C)=O)s2)cc(Cl)c1OC. The first kappa shape index (κ1) is 23.4. The molecule has 9 heteroatoms. The Bertz CT molecular complexity index is 953. The average molecular weight is 452 g/mol. The van der Waals surface area contributed by atoms with E-state index >= 15 is 0 Å². The smallest absolute Gasteiger partial charge is 0.331 e. The predicted octanol–water partition coefficient (Wildman–Crippen LogP) is 3.54. The Morgan fingerprint density at radius 1 is 1.17 bits per heavy atom. The van der Waals surface area contributed by atoms with Crippen LogP contribution in [0.4, 0.5) is 0 Å². The highest BCUT2D eigenvalue weighted by Gasteiger charge is 2.13. The van der Waals surface area contributed by atoms with E-state index in [0.29, 0.717) is 39.9 Å². The van der Waals surface area contributed by atoms with Gasteiger partial charge in [0.25, 0.3) is 0 Å². The molecule has 0 spiro atoms. The number of ketones is 1. The van der Waals surface area contributed by atoms with Gasteiger partial charge in [-0.25, -0.2) is 4.79 Å². The van der Waals surface area contributed by atoms with Crippen molar-refractivity contribution in [1.29, 1.82) is 0 Å². The number of nitrogens with one attached hydrogen (secondary N) is 1. The van der Waals surface area contributed by atoms with Crippen LogP contribution in [0.5, 0.6) is 11.5 Å². The molecule has 0 bridgehead atoms. The van der Waals surface area contributed by atoms with Crippen LogP contribution >= 0.6 is 22.9 Å². The van der Waals surface area contributed by atoms with Crippen molar-refractivity contribution < 1.29 is 28.6 Å². The quantitative estimate of drug-likeness (QED) is 0.337. The second-order valence-corrected chi connectivity index (χ2v) is 7.68. The number of rotatable bonds is 10. The number of hydrogen-bond acceptors (Lipinski definition) is 7. The van der Waals surface area contributed by atoms with Crippen molar-refractivity contribution in [3.8, 4) is 11.5 Å². The second kappa shape index (κ2) is 11.4. The zero-order chi connectivity index (χ0) is 22.1. The minimum atomic E-state index is -0.656. The van der Waals surface area contributed by atoms with Gasteiger partial charge in [0.2, 0.25) is 11.7 Å². The van der Waals surface area contributed by atoms with Crippen LogP contribution in [0.2, 0.25) is 5.02 Å². The van der Waals surface area contributed by atoms with Crippen molar-refractivity contribution in [1.82, 2.24) is 5.32 Å². The Morgan fingerprint density at radius 2 is 1.93 bits per heavy atom. The van der Waals surface area contributed by atoms with Crippen molar-refractivity contribution in [2.24, 2.45) is 0 Å². The number of hydrogen-bond donors (Lipinski definition) is 1. The number of amides is 1. The number of carbonyl (C=O) groups is 3. The first-order valence-corrected chi connectivity index (χ1v) is 10.2. The number of esters is 1. The van der Waals surface area contributed by atoms with Crippen LogP contribution in [0.15, 0.2) is 30.3 Å². The maximum atomic E-state index is 12.2. The lowest BCUT2D eigenvalue weighted by molar-refractivity contribution is -0.136. The minimum absolute atomic E-state index is 0.0989. The highest BCUT2D eigenvalue weighted by atomic mass is 35.5. The standard InChI is InChI=1S/C21H22ClNO6S/c1-13(24)23-9-8-15-5-6-19(30-15)17(25)12-29-20(26)7-4-14-10-16(22)21(28-3)18(11-14)27-2/h4-7,10-11H,8-9,12H2,1-3H3,(H,23,24)/b7-4+. The minimum Gasteiger partial charge on any atom is -0.493 e. The molecule has 0 aliphatic rings. The lowest BCUT2D eigenvalue weighted by atomic mass is 10.2. The van der Waals surface area contributed by atoms with Crippen LogP contribution in [0, 0.1) is 0 Å². The van der Waals surface area contributed by atoms with Gasteiger partial charge in [0.15, 0.2) is 18.1 Å². The van der Waals surface area contributed by atoms with Gasteiger partial charge in [-0.2, -0.15) is 0 Å². The maximum Gasteiger partial charge on any atom is 0.331 e. The van der Waals surface area contributed by atoms with E-state index in [2.05, 4.69) is 5.32 Å². The van der Waals surface area contributed by atoms with Crippen molar-refractivity contribution in [3.05, 3.63) is 50.7 Å². The zero-order valence-corrected chi connectivity index (χ0v) is 18.4. The van der Waals surface area contributed by atoms with E-state index in [4.69, 9.17) is 25.8 Å². The number of Topliss-reactive ketones (excluding diaryl/α,β-unsaturated/α-hetero) is 1. The number of thiophene rings is 1. The Labute approximate surface area is 183 Å². The van der Waals surface area contributed by atoms with Crippen LogP contribution in [0.25, 0.3) is 6.08 Å². The molecule has 1 aromatic heterocycles. The van der Waals surface area contributed by atoms with E-state index < -0.39 is 5.97 Å². The van der Waals surface area contributed by atoms with E-state index in [9.17, 15) is 14.4 Å². The van der Waals surface area contributed by atoms with Gasteiger partial charge >= 0.3 is 5.97 Å². The van der Waals surface area contributed by atoms with E-state index in [1.807, 2.05) is 6.07 Å². The second-order valence-electron chi connectivity index (χ2n) is 6.10. The lowest BCUT2D eigenvalue weighted by Crippen LogP contribution is -2.22. The molecule has 2 aromatic rings. The molecule has 7 nitrogen and oxygen atoms in total. The number of benzene rings is 1. The van der Waals surface area contributed by atoms with Crippen LogP contribution in [-0.4, -0.2) is 45.0 Å². The Balaban J connectivity index is 1.88. The van der Waals surface area contributed by atoms with Crippen LogP contribution in [0.1, 0.15) is 27.0 Å². The molecule has 0 saturated heterocycles. The molecule has 0 radical (unpaired) electrons. The molecule has 30 heavy (non-hydrogen) atoms. The van der Waals surface area contributed by atoms with Gasteiger partial charge in [-0.15, -0.1) is 11.3 Å². The fraction of sp³-hybridized carbons (Fsp3) is 0.286. The van der Waals surface area contributed by atoms with Crippen LogP contribution < -0.4 is 14.8 Å². The fourth-order valence-corrected chi connectivity index (χ4v) is 3.71. The lowest BCUT2D eigenvalue weighted by Gasteiger charge is -2.10. The third kappa shape index (κ3) is 6.89. The normalized spacial score (nSPS) is 10.7. The van der Waals surface area contributed by atoms with Gasteiger partial charge in [0.05, 0.1) is 24.1 Å². The molecule has 1 N–H and O–H groups in total. The number of methoxy groups -OCH3 is 2. The van der Waals surface area contributed by atoms with Gasteiger partial charge in [0, 0.05) is 24.4 Å². The molecule has 160 valence electrons. The summed E-state index contributed by atoms with van der Waals surface area (Å²) in [6.45, 7) is 1.59. The van der Waals surface area contributed by atoms with Gasteiger partial charge in [-0.05, 0) is 42.3 Å². The van der Waals surface area contributed by atoms with Gasteiger partial charge in [0.1, 0.15) is 0 Å². The Kier molecular flexibility index (Phi) is 8.89. The van der Waals surface area contributed by atoms with Crippen molar-refractivity contribution in [2.75, 3.05) is 27.4 Å². The molecule has 1 aromatic carbocycles. The van der Waals surface area contributed by atoms with E-state index in [-0.39, 0.29) is 18.3 Å². The summed E-state index contributed by atoms with van der Waals surface area (Å²) in [6.07, 6.45) is 3.35. The first-order chi connectivity index (χ1) is 14.3. The molecule has 2 rings (SSSR count). The third-order valence-corrected chi connectivity index (χ3v) is 5.36. The summed E-state index contributed by atoms with van der Waals surface area (Å²) >= 11 is 7.44. The molecule has 0 unspecified atom stereocenters. The summed E-state index contributed by atoms with van der Waals surface area (Å²) in [4.78, 5) is 36.5. The van der Waals surface area contributed by atoms with E-state index in [1.54, 1.807) is 18.2 Å². The Morgan fingerprint density at radius 3 is 2.60 bits per heavy atom. The van der Waals surface area contributed by atoms with Gasteiger partial charge in [-0.1, -0.05) is 11.6 Å². The zero-order valence-electron chi connectivity index (χ0n) is 16.8. The predicted molar refractivity (Wildman–Crippen MR) is 116 cm³/mol. The molecular formula is C21H22ClNO6S. The number of carbonyl (C=O) groups excluding carboxylic acids is 3. The molecule has 0 saturated carbocycles. The molecule has 1 amide bonds. The highest BCUT2D eigenvalue weighted by molar-refractivity contribution is 7.14. The molecule has 0 fully saturated rings. The number of ether oxygens (including phenoxy) is 3. The molecule has 1 heterocycles. The van der Waals surface area contributed by atoms with Gasteiger partial charge in [-0.3, -0.25) is 9.59 Å².